The van der Waals surface area contributed by atoms with E-state index in [0.717, 1.165) is 10.6 Å². The maximum Gasteiger partial charge on any atom is 0.257 e. The molecule has 3 aromatic rings. The molecule has 1 aliphatic rings. The van der Waals surface area contributed by atoms with Crippen molar-refractivity contribution in [1.82, 2.24) is 9.88 Å². The largest absolute Gasteiger partial charge is 0.333 e. The van der Waals surface area contributed by atoms with Crippen LogP contribution in [-0.2, 0) is 13.0 Å². The predicted molar refractivity (Wildman–Crippen MR) is 115 cm³/mol. The van der Waals surface area contributed by atoms with Crippen molar-refractivity contribution >= 4 is 28.3 Å². The number of carbonyl (C=O) groups excluding carboxylic acids is 2. The molecular weight excluding hydrogens is 382 g/mol. The van der Waals surface area contributed by atoms with Gasteiger partial charge in [-0.3, -0.25) is 14.9 Å². The molecule has 6 heteroatoms. The number of nitrogens with zero attached hydrogens (tertiary/aromatic N) is 2. The molecule has 0 fully saturated rings. The van der Waals surface area contributed by atoms with E-state index in [1.807, 2.05) is 59.5 Å². The Morgan fingerprint density at radius 1 is 1.03 bits per heavy atom. The highest BCUT2D eigenvalue weighted by Crippen LogP contribution is 2.29. The topological polar surface area (TPSA) is 62.3 Å². The normalized spacial score (nSPS) is 13.3. The number of anilines is 1. The highest BCUT2D eigenvalue weighted by Gasteiger charge is 2.25. The van der Waals surface area contributed by atoms with Gasteiger partial charge in [0.1, 0.15) is 0 Å². The molecule has 0 atom stereocenters. The average molecular weight is 406 g/mol. The Labute approximate surface area is 174 Å². The number of nitrogens with one attached hydrogen (secondary N) is 1. The Morgan fingerprint density at radius 3 is 2.45 bits per heavy atom. The van der Waals surface area contributed by atoms with Crippen LogP contribution in [0.1, 0.15) is 56.6 Å². The summed E-state index contributed by atoms with van der Waals surface area (Å²) in [6, 6.07) is 17.0. The Morgan fingerprint density at radius 2 is 1.76 bits per heavy atom. The number of hydrogen-bond acceptors (Lipinski definition) is 4. The van der Waals surface area contributed by atoms with Crippen molar-refractivity contribution in [3.8, 4) is 0 Å². The van der Waals surface area contributed by atoms with Crippen LogP contribution < -0.4 is 5.32 Å². The lowest BCUT2D eigenvalue weighted by atomic mass is 10.0. The van der Waals surface area contributed by atoms with Crippen LogP contribution in [0.25, 0.3) is 0 Å². The van der Waals surface area contributed by atoms with Gasteiger partial charge < -0.3 is 4.90 Å². The first-order valence-corrected chi connectivity index (χ1v) is 10.6. The Bertz CT molecular complexity index is 1030. The Hall–Kier alpha value is -2.99. The summed E-state index contributed by atoms with van der Waals surface area (Å²) in [5.74, 6) is 0.295. The molecule has 2 heterocycles. The number of benzene rings is 2. The highest BCUT2D eigenvalue weighted by molar-refractivity contribution is 7.15. The van der Waals surface area contributed by atoms with Crippen LogP contribution in [0, 0.1) is 0 Å². The Balaban J connectivity index is 1.44. The van der Waals surface area contributed by atoms with E-state index in [-0.39, 0.29) is 11.8 Å². The number of carbonyl (C=O) groups is 2. The minimum Gasteiger partial charge on any atom is -0.333 e. The maximum absolute atomic E-state index is 12.7. The summed E-state index contributed by atoms with van der Waals surface area (Å²) in [4.78, 5) is 32.7. The smallest absolute Gasteiger partial charge is 0.257 e. The summed E-state index contributed by atoms with van der Waals surface area (Å²) >= 11 is 1.45. The molecule has 0 spiro atoms. The third-order valence-electron chi connectivity index (χ3n) is 5.10. The van der Waals surface area contributed by atoms with Gasteiger partial charge >= 0.3 is 0 Å². The molecule has 0 bridgehead atoms. The van der Waals surface area contributed by atoms with Crippen molar-refractivity contribution in [2.45, 2.75) is 32.7 Å². The lowest BCUT2D eigenvalue weighted by Gasteiger charge is -2.26. The van der Waals surface area contributed by atoms with Crippen molar-refractivity contribution in [3.63, 3.8) is 0 Å². The maximum atomic E-state index is 12.7. The molecule has 0 saturated carbocycles. The molecule has 0 radical (unpaired) electrons. The molecule has 2 amide bonds. The lowest BCUT2D eigenvalue weighted by molar-refractivity contribution is 0.0736. The van der Waals surface area contributed by atoms with Crippen LogP contribution in [0.15, 0.2) is 54.6 Å². The zero-order chi connectivity index (χ0) is 20.4. The predicted octanol–water partition coefficient (Wildman–Crippen LogP) is 4.72. The fourth-order valence-electron chi connectivity index (χ4n) is 3.37. The van der Waals surface area contributed by atoms with Gasteiger partial charge in [0.25, 0.3) is 11.8 Å². The SMILES string of the molecule is CC(C)c1ccc(C(=O)Nc2nc3c(s2)CN(C(=O)c2ccccc2)CC3)cc1. The summed E-state index contributed by atoms with van der Waals surface area (Å²) in [7, 11) is 0. The summed E-state index contributed by atoms with van der Waals surface area (Å²) < 4.78 is 0. The molecule has 5 nitrogen and oxygen atoms in total. The standard InChI is InChI=1S/C23H23N3O2S/c1-15(2)16-8-10-17(11-9-16)21(27)25-23-24-19-12-13-26(14-20(19)29-23)22(28)18-6-4-3-5-7-18/h3-11,15H,12-14H2,1-2H3,(H,24,25,27). The van der Waals surface area contributed by atoms with Gasteiger partial charge in [0.15, 0.2) is 5.13 Å². The monoisotopic (exact) mass is 405 g/mol. The van der Waals surface area contributed by atoms with Crippen LogP contribution in [0.3, 0.4) is 0 Å². The molecular formula is C23H23N3O2S. The molecule has 0 unspecified atom stereocenters. The van der Waals surface area contributed by atoms with Crippen molar-refractivity contribution in [1.29, 1.82) is 0 Å². The zero-order valence-corrected chi connectivity index (χ0v) is 17.3. The minimum atomic E-state index is -0.163. The fourth-order valence-corrected chi connectivity index (χ4v) is 4.39. The number of thiazole rings is 1. The second-order valence-corrected chi connectivity index (χ2v) is 8.55. The van der Waals surface area contributed by atoms with Gasteiger partial charge in [0.05, 0.1) is 12.2 Å². The van der Waals surface area contributed by atoms with Gasteiger partial charge in [-0.15, -0.1) is 0 Å². The number of amides is 2. The molecule has 29 heavy (non-hydrogen) atoms. The molecule has 1 aromatic heterocycles. The van der Waals surface area contributed by atoms with Crippen molar-refractivity contribution < 1.29 is 9.59 Å². The van der Waals surface area contributed by atoms with E-state index >= 15 is 0 Å². The van der Waals surface area contributed by atoms with E-state index in [2.05, 4.69) is 24.1 Å². The summed E-state index contributed by atoms with van der Waals surface area (Å²) in [6.07, 6.45) is 0.698. The van der Waals surface area contributed by atoms with E-state index in [0.29, 0.717) is 41.7 Å². The first-order chi connectivity index (χ1) is 14.0. The van der Waals surface area contributed by atoms with E-state index in [4.69, 9.17) is 0 Å². The van der Waals surface area contributed by atoms with Crippen LogP contribution in [0.4, 0.5) is 5.13 Å². The number of fused-ring (bicyclic) bond motifs is 1. The third-order valence-corrected chi connectivity index (χ3v) is 6.10. The van der Waals surface area contributed by atoms with Gasteiger partial charge in [-0.05, 0) is 35.7 Å². The third kappa shape index (κ3) is 4.22. The molecule has 0 aliphatic carbocycles. The highest BCUT2D eigenvalue weighted by atomic mass is 32.1. The average Bonchev–Trinajstić information content (AvgIpc) is 3.15. The zero-order valence-electron chi connectivity index (χ0n) is 16.5. The van der Waals surface area contributed by atoms with E-state index in [1.165, 1.54) is 16.9 Å². The fraction of sp³-hybridized carbons (Fsp3) is 0.261. The van der Waals surface area contributed by atoms with Gasteiger partial charge in [-0.1, -0.05) is 55.5 Å². The first-order valence-electron chi connectivity index (χ1n) is 9.75. The number of aromatic nitrogens is 1. The van der Waals surface area contributed by atoms with Crippen molar-refractivity contribution in [2.24, 2.45) is 0 Å². The Kier molecular flexibility index (Phi) is 5.45. The van der Waals surface area contributed by atoms with Crippen LogP contribution in [-0.4, -0.2) is 28.2 Å². The van der Waals surface area contributed by atoms with Crippen LogP contribution in [0.5, 0.6) is 0 Å². The van der Waals surface area contributed by atoms with E-state index < -0.39 is 0 Å². The molecule has 2 aromatic carbocycles. The summed E-state index contributed by atoms with van der Waals surface area (Å²) in [5, 5.41) is 3.49. The van der Waals surface area contributed by atoms with Gasteiger partial charge in [0, 0.05) is 29.0 Å². The second kappa shape index (κ2) is 8.17. The van der Waals surface area contributed by atoms with Crippen LogP contribution in [0.2, 0.25) is 0 Å². The molecule has 1 N–H and O–H groups in total. The van der Waals surface area contributed by atoms with E-state index in [9.17, 15) is 9.59 Å². The molecule has 1 aliphatic heterocycles. The number of hydrogen-bond donors (Lipinski definition) is 1. The summed E-state index contributed by atoms with van der Waals surface area (Å²) in [5.41, 5.74) is 3.48. The lowest BCUT2D eigenvalue weighted by Crippen LogP contribution is -2.35. The van der Waals surface area contributed by atoms with Gasteiger partial charge in [0.2, 0.25) is 0 Å². The quantitative estimate of drug-likeness (QED) is 0.683. The van der Waals surface area contributed by atoms with E-state index in [1.54, 1.807) is 0 Å². The first kappa shape index (κ1) is 19.3. The second-order valence-electron chi connectivity index (χ2n) is 7.46. The molecule has 148 valence electrons. The number of rotatable bonds is 4. The van der Waals surface area contributed by atoms with Gasteiger partial charge in [-0.2, -0.15) is 0 Å². The van der Waals surface area contributed by atoms with Gasteiger partial charge in [-0.25, -0.2) is 4.98 Å². The summed E-state index contributed by atoms with van der Waals surface area (Å²) in [6.45, 7) is 5.41. The van der Waals surface area contributed by atoms with Crippen LogP contribution >= 0.6 is 11.3 Å². The molecule has 4 rings (SSSR count). The van der Waals surface area contributed by atoms with Crippen molar-refractivity contribution in [3.05, 3.63) is 81.9 Å². The van der Waals surface area contributed by atoms with Crippen molar-refractivity contribution in [2.75, 3.05) is 11.9 Å². The minimum absolute atomic E-state index is 0.0282. The molecule has 0 saturated heterocycles.